The predicted molar refractivity (Wildman–Crippen MR) is 71.3 cm³/mol. The second kappa shape index (κ2) is 4.00. The van der Waals surface area contributed by atoms with E-state index in [0.717, 1.165) is 17.6 Å². The molecule has 1 aliphatic heterocycles. The molecular formula is C14H18N2O2. The van der Waals surface area contributed by atoms with Gasteiger partial charge in [-0.15, -0.1) is 0 Å². The largest absolute Gasteiger partial charge is 0.399 e. The van der Waals surface area contributed by atoms with Crippen molar-refractivity contribution in [1.82, 2.24) is 4.57 Å². The number of benzene rings is 1. The van der Waals surface area contributed by atoms with E-state index in [1.165, 1.54) is 5.52 Å². The molecule has 1 aromatic carbocycles. The van der Waals surface area contributed by atoms with Crippen LogP contribution in [-0.2, 0) is 16.0 Å². The minimum absolute atomic E-state index is 0.105. The van der Waals surface area contributed by atoms with Crippen molar-refractivity contribution < 1.29 is 9.47 Å². The van der Waals surface area contributed by atoms with Gasteiger partial charge in [0.2, 0.25) is 0 Å². The van der Waals surface area contributed by atoms with E-state index in [4.69, 9.17) is 15.2 Å². The van der Waals surface area contributed by atoms with Crippen LogP contribution in [0.2, 0.25) is 0 Å². The Morgan fingerprint density at radius 3 is 2.94 bits per heavy atom. The van der Waals surface area contributed by atoms with Gasteiger partial charge in [0, 0.05) is 22.8 Å². The highest BCUT2D eigenvalue weighted by Crippen LogP contribution is 2.25. The maximum absolute atomic E-state index is 5.83. The first kappa shape index (κ1) is 11.6. The SMILES string of the molecule is CC1(C)OC[C@H](Cn2ccc3cc(N)ccc32)O1. The summed E-state index contributed by atoms with van der Waals surface area (Å²) in [6, 6.07) is 8.04. The number of hydrogen-bond donors (Lipinski definition) is 1. The summed E-state index contributed by atoms with van der Waals surface area (Å²) in [6.45, 7) is 5.33. The lowest BCUT2D eigenvalue weighted by Crippen LogP contribution is -2.23. The molecule has 0 aliphatic carbocycles. The fourth-order valence-electron chi connectivity index (χ4n) is 2.45. The first-order chi connectivity index (χ1) is 8.53. The Hall–Kier alpha value is -1.52. The number of ether oxygens (including phenoxy) is 2. The van der Waals surface area contributed by atoms with Crippen molar-refractivity contribution in [1.29, 1.82) is 0 Å². The molecule has 1 aromatic heterocycles. The number of rotatable bonds is 2. The lowest BCUT2D eigenvalue weighted by Gasteiger charge is -2.17. The molecule has 0 unspecified atom stereocenters. The maximum atomic E-state index is 5.83. The van der Waals surface area contributed by atoms with Crippen LogP contribution in [0.25, 0.3) is 10.9 Å². The normalized spacial score (nSPS) is 22.7. The van der Waals surface area contributed by atoms with Crippen molar-refractivity contribution >= 4 is 16.6 Å². The molecule has 1 fully saturated rings. The summed E-state index contributed by atoms with van der Waals surface area (Å²) in [7, 11) is 0. The fraction of sp³-hybridized carbons (Fsp3) is 0.429. The van der Waals surface area contributed by atoms with Gasteiger partial charge in [-0.25, -0.2) is 0 Å². The molecule has 3 rings (SSSR count). The molecule has 1 saturated heterocycles. The van der Waals surface area contributed by atoms with Crippen molar-refractivity contribution in [2.24, 2.45) is 0 Å². The zero-order chi connectivity index (χ0) is 12.8. The molecule has 18 heavy (non-hydrogen) atoms. The minimum atomic E-state index is -0.460. The molecule has 0 amide bonds. The lowest BCUT2D eigenvalue weighted by molar-refractivity contribution is -0.139. The van der Waals surface area contributed by atoms with Gasteiger partial charge in [0.1, 0.15) is 6.10 Å². The average molecular weight is 246 g/mol. The van der Waals surface area contributed by atoms with Crippen LogP contribution in [0.3, 0.4) is 0 Å². The summed E-state index contributed by atoms with van der Waals surface area (Å²) < 4.78 is 13.6. The zero-order valence-corrected chi connectivity index (χ0v) is 10.7. The summed E-state index contributed by atoms with van der Waals surface area (Å²) in [4.78, 5) is 0. The highest BCUT2D eigenvalue weighted by molar-refractivity contribution is 5.83. The van der Waals surface area contributed by atoms with Crippen molar-refractivity contribution in [3.63, 3.8) is 0 Å². The second-order valence-corrected chi connectivity index (χ2v) is 5.24. The van der Waals surface area contributed by atoms with E-state index < -0.39 is 5.79 Å². The fourth-order valence-corrected chi connectivity index (χ4v) is 2.45. The van der Waals surface area contributed by atoms with Crippen molar-refractivity contribution in [3.05, 3.63) is 30.5 Å². The summed E-state index contributed by atoms with van der Waals surface area (Å²) in [5.74, 6) is -0.460. The topological polar surface area (TPSA) is 49.4 Å². The first-order valence-corrected chi connectivity index (χ1v) is 6.20. The number of nitrogens with two attached hydrogens (primary N) is 1. The van der Waals surface area contributed by atoms with Crippen molar-refractivity contribution in [3.8, 4) is 0 Å². The first-order valence-electron chi connectivity index (χ1n) is 6.20. The Bertz CT molecular complexity index is 574. The predicted octanol–water partition coefficient (Wildman–Crippen LogP) is 2.38. The van der Waals surface area contributed by atoms with Gasteiger partial charge in [-0.3, -0.25) is 0 Å². The summed E-state index contributed by atoms with van der Waals surface area (Å²) in [5, 5.41) is 1.16. The van der Waals surface area contributed by atoms with Crippen LogP contribution >= 0.6 is 0 Å². The van der Waals surface area contributed by atoms with Gasteiger partial charge in [0.25, 0.3) is 0 Å². The van der Waals surface area contributed by atoms with Crippen LogP contribution in [0.1, 0.15) is 13.8 Å². The van der Waals surface area contributed by atoms with E-state index in [2.05, 4.69) is 16.8 Å². The van der Waals surface area contributed by atoms with E-state index in [9.17, 15) is 0 Å². The van der Waals surface area contributed by atoms with Gasteiger partial charge in [-0.1, -0.05) is 0 Å². The zero-order valence-electron chi connectivity index (χ0n) is 10.7. The molecular weight excluding hydrogens is 228 g/mol. The third kappa shape index (κ3) is 2.09. The molecule has 1 aliphatic rings. The Morgan fingerprint density at radius 1 is 1.39 bits per heavy atom. The average Bonchev–Trinajstić information content (AvgIpc) is 2.83. The molecule has 1 atom stereocenters. The number of nitrogen functional groups attached to an aromatic ring is 1. The van der Waals surface area contributed by atoms with Gasteiger partial charge in [0.05, 0.1) is 13.2 Å². The third-order valence-corrected chi connectivity index (χ3v) is 3.26. The molecule has 2 heterocycles. The Balaban J connectivity index is 1.83. The minimum Gasteiger partial charge on any atom is -0.399 e. The van der Waals surface area contributed by atoms with E-state index in [-0.39, 0.29) is 6.10 Å². The molecule has 0 saturated carbocycles. The molecule has 0 spiro atoms. The number of anilines is 1. The molecule has 0 radical (unpaired) electrons. The molecule has 2 N–H and O–H groups in total. The summed E-state index contributed by atoms with van der Waals surface area (Å²) >= 11 is 0. The third-order valence-electron chi connectivity index (χ3n) is 3.26. The molecule has 4 heteroatoms. The van der Waals surface area contributed by atoms with Crippen LogP contribution < -0.4 is 5.73 Å². The van der Waals surface area contributed by atoms with Crippen LogP contribution in [0.15, 0.2) is 30.5 Å². The number of hydrogen-bond acceptors (Lipinski definition) is 3. The van der Waals surface area contributed by atoms with Gasteiger partial charge in [-0.2, -0.15) is 0 Å². The van der Waals surface area contributed by atoms with Crippen molar-refractivity contribution in [2.45, 2.75) is 32.3 Å². The van der Waals surface area contributed by atoms with Crippen LogP contribution in [0, 0.1) is 0 Å². The molecule has 2 aromatic rings. The summed E-state index contributed by atoms with van der Waals surface area (Å²) in [6.07, 6.45) is 2.17. The highest BCUT2D eigenvalue weighted by Gasteiger charge is 2.32. The maximum Gasteiger partial charge on any atom is 0.163 e. The van der Waals surface area contributed by atoms with E-state index in [0.29, 0.717) is 6.61 Å². The molecule has 96 valence electrons. The highest BCUT2D eigenvalue weighted by atomic mass is 16.7. The van der Waals surface area contributed by atoms with Gasteiger partial charge in [-0.05, 0) is 38.1 Å². The number of nitrogens with zero attached hydrogens (tertiary/aromatic N) is 1. The van der Waals surface area contributed by atoms with Gasteiger partial charge in [0.15, 0.2) is 5.79 Å². The van der Waals surface area contributed by atoms with E-state index in [1.54, 1.807) is 0 Å². The summed E-state index contributed by atoms with van der Waals surface area (Å²) in [5.41, 5.74) is 7.75. The quantitative estimate of drug-likeness (QED) is 0.828. The monoisotopic (exact) mass is 246 g/mol. The Labute approximate surface area is 106 Å². The van der Waals surface area contributed by atoms with Crippen LogP contribution in [-0.4, -0.2) is 23.1 Å². The second-order valence-electron chi connectivity index (χ2n) is 5.24. The van der Waals surface area contributed by atoms with Crippen molar-refractivity contribution in [2.75, 3.05) is 12.3 Å². The van der Waals surface area contributed by atoms with E-state index in [1.807, 2.05) is 32.0 Å². The Kier molecular flexibility index (Phi) is 2.57. The lowest BCUT2D eigenvalue weighted by atomic mass is 10.2. The Morgan fingerprint density at radius 2 is 2.22 bits per heavy atom. The molecule has 0 bridgehead atoms. The smallest absolute Gasteiger partial charge is 0.163 e. The standard InChI is InChI=1S/C14H18N2O2/c1-14(2)17-9-12(18-14)8-16-6-5-10-7-11(15)3-4-13(10)16/h3-7,12H,8-9,15H2,1-2H3/t12-/m0/s1. The van der Waals surface area contributed by atoms with E-state index >= 15 is 0 Å². The molecule has 4 nitrogen and oxygen atoms in total. The van der Waals surface area contributed by atoms with Gasteiger partial charge < -0.3 is 19.8 Å². The van der Waals surface area contributed by atoms with Crippen LogP contribution in [0.5, 0.6) is 0 Å². The van der Waals surface area contributed by atoms with Gasteiger partial charge >= 0.3 is 0 Å². The van der Waals surface area contributed by atoms with Crippen LogP contribution in [0.4, 0.5) is 5.69 Å². The number of aromatic nitrogens is 1. The number of fused-ring (bicyclic) bond motifs is 1.